The van der Waals surface area contributed by atoms with E-state index in [2.05, 4.69) is 17.1 Å². The molecule has 0 aromatic carbocycles. The molecule has 4 nitrogen and oxygen atoms in total. The summed E-state index contributed by atoms with van der Waals surface area (Å²) in [6, 6.07) is 3.68. The van der Waals surface area contributed by atoms with Crippen molar-refractivity contribution in [2.45, 2.75) is 24.8 Å². The summed E-state index contributed by atoms with van der Waals surface area (Å²) in [5.74, 6) is 1.17. The van der Waals surface area contributed by atoms with Crippen LogP contribution >= 0.6 is 11.8 Å². The highest BCUT2D eigenvalue weighted by atomic mass is 32.2. The molecule has 0 aliphatic rings. The number of hydrogen-bond donors (Lipinski definition) is 2. The standard InChI is InChI=1S/C10H15N3OS/c1-2-3-6-15-9-5-4-8(7-12-9)10(11)13-14/h4-5,7,14H,2-3,6H2,1H3,(H2,11,13). The predicted octanol–water partition coefficient (Wildman–Crippen LogP) is 2.07. The number of oxime groups is 1. The minimum Gasteiger partial charge on any atom is -0.409 e. The van der Waals surface area contributed by atoms with Crippen LogP contribution in [0.2, 0.25) is 0 Å². The normalized spacial score (nSPS) is 11.7. The molecule has 5 heteroatoms. The Morgan fingerprint density at radius 2 is 2.40 bits per heavy atom. The van der Waals surface area contributed by atoms with Crippen molar-refractivity contribution >= 4 is 17.6 Å². The summed E-state index contributed by atoms with van der Waals surface area (Å²) >= 11 is 1.72. The molecule has 0 spiro atoms. The van der Waals surface area contributed by atoms with Crippen LogP contribution in [-0.2, 0) is 0 Å². The zero-order valence-corrected chi connectivity index (χ0v) is 9.50. The quantitative estimate of drug-likeness (QED) is 0.201. The van der Waals surface area contributed by atoms with Crippen molar-refractivity contribution in [1.29, 1.82) is 0 Å². The minimum atomic E-state index is 0.0904. The molecular weight excluding hydrogens is 210 g/mol. The van der Waals surface area contributed by atoms with Crippen LogP contribution in [0, 0.1) is 0 Å². The van der Waals surface area contributed by atoms with Crippen molar-refractivity contribution in [2.75, 3.05) is 5.75 Å². The van der Waals surface area contributed by atoms with Gasteiger partial charge in [0.15, 0.2) is 5.84 Å². The summed E-state index contributed by atoms with van der Waals surface area (Å²) in [6.07, 6.45) is 3.99. The number of nitrogens with two attached hydrogens (primary N) is 1. The van der Waals surface area contributed by atoms with Gasteiger partial charge in [-0.15, -0.1) is 11.8 Å². The number of unbranched alkanes of at least 4 members (excludes halogenated alkanes) is 1. The van der Waals surface area contributed by atoms with E-state index in [9.17, 15) is 0 Å². The van der Waals surface area contributed by atoms with Gasteiger partial charge in [0, 0.05) is 11.8 Å². The Hall–Kier alpha value is -1.23. The molecule has 0 saturated carbocycles. The van der Waals surface area contributed by atoms with E-state index in [0.29, 0.717) is 5.56 Å². The summed E-state index contributed by atoms with van der Waals surface area (Å²) in [4.78, 5) is 4.21. The van der Waals surface area contributed by atoms with Crippen LogP contribution < -0.4 is 5.73 Å². The Morgan fingerprint density at radius 1 is 1.60 bits per heavy atom. The van der Waals surface area contributed by atoms with E-state index in [1.807, 2.05) is 6.07 Å². The van der Waals surface area contributed by atoms with Gasteiger partial charge in [0.05, 0.1) is 5.03 Å². The van der Waals surface area contributed by atoms with Crippen molar-refractivity contribution in [2.24, 2.45) is 10.9 Å². The van der Waals surface area contributed by atoms with Crippen molar-refractivity contribution in [1.82, 2.24) is 4.98 Å². The lowest BCUT2D eigenvalue weighted by Gasteiger charge is -2.01. The second-order valence-corrected chi connectivity index (χ2v) is 4.19. The molecule has 0 amide bonds. The van der Waals surface area contributed by atoms with Gasteiger partial charge in [0.1, 0.15) is 0 Å². The Bertz CT molecular complexity index is 324. The molecule has 0 bridgehead atoms. The lowest BCUT2D eigenvalue weighted by molar-refractivity contribution is 0.318. The molecule has 0 fully saturated rings. The van der Waals surface area contributed by atoms with E-state index in [4.69, 9.17) is 10.9 Å². The molecule has 0 aliphatic heterocycles. The smallest absolute Gasteiger partial charge is 0.171 e. The summed E-state index contributed by atoms with van der Waals surface area (Å²) < 4.78 is 0. The third-order valence-corrected chi connectivity index (χ3v) is 2.92. The maximum absolute atomic E-state index is 8.46. The van der Waals surface area contributed by atoms with E-state index in [1.54, 1.807) is 24.0 Å². The Kier molecular flexibility index (Phi) is 4.97. The van der Waals surface area contributed by atoms with E-state index in [0.717, 1.165) is 10.8 Å². The van der Waals surface area contributed by atoms with E-state index in [1.165, 1.54) is 12.8 Å². The fourth-order valence-corrected chi connectivity index (χ4v) is 1.93. The highest BCUT2D eigenvalue weighted by molar-refractivity contribution is 7.99. The van der Waals surface area contributed by atoms with Gasteiger partial charge in [-0.25, -0.2) is 4.98 Å². The van der Waals surface area contributed by atoms with E-state index >= 15 is 0 Å². The molecule has 1 aromatic heterocycles. The summed E-state index contributed by atoms with van der Waals surface area (Å²) in [5.41, 5.74) is 6.06. The minimum absolute atomic E-state index is 0.0904. The maximum Gasteiger partial charge on any atom is 0.171 e. The van der Waals surface area contributed by atoms with Crippen molar-refractivity contribution in [3.05, 3.63) is 23.9 Å². The highest BCUT2D eigenvalue weighted by Gasteiger charge is 2.00. The van der Waals surface area contributed by atoms with Crippen LogP contribution in [0.25, 0.3) is 0 Å². The number of pyridine rings is 1. The second kappa shape index (κ2) is 6.29. The highest BCUT2D eigenvalue weighted by Crippen LogP contribution is 2.16. The topological polar surface area (TPSA) is 71.5 Å². The molecule has 1 heterocycles. The Balaban J connectivity index is 2.56. The van der Waals surface area contributed by atoms with Crippen LogP contribution in [-0.4, -0.2) is 21.8 Å². The first-order valence-electron chi connectivity index (χ1n) is 4.84. The molecule has 82 valence electrons. The number of hydrogen-bond acceptors (Lipinski definition) is 4. The Labute approximate surface area is 93.6 Å². The van der Waals surface area contributed by atoms with Crippen LogP contribution in [0.4, 0.5) is 0 Å². The van der Waals surface area contributed by atoms with Crippen LogP contribution in [0.5, 0.6) is 0 Å². The summed E-state index contributed by atoms with van der Waals surface area (Å²) in [6.45, 7) is 2.16. The van der Waals surface area contributed by atoms with E-state index < -0.39 is 0 Å². The number of rotatable bonds is 5. The summed E-state index contributed by atoms with van der Waals surface area (Å²) in [5, 5.41) is 12.3. The number of nitrogens with zero attached hydrogens (tertiary/aromatic N) is 2. The van der Waals surface area contributed by atoms with Gasteiger partial charge in [-0.05, 0) is 24.3 Å². The van der Waals surface area contributed by atoms with Gasteiger partial charge < -0.3 is 10.9 Å². The van der Waals surface area contributed by atoms with Crippen molar-refractivity contribution < 1.29 is 5.21 Å². The number of aromatic nitrogens is 1. The van der Waals surface area contributed by atoms with Gasteiger partial charge in [-0.2, -0.15) is 0 Å². The monoisotopic (exact) mass is 225 g/mol. The molecule has 3 N–H and O–H groups in total. The molecular formula is C10H15N3OS. The van der Waals surface area contributed by atoms with Crippen LogP contribution in [0.15, 0.2) is 28.5 Å². The molecule has 0 unspecified atom stereocenters. The first kappa shape index (κ1) is 11.8. The molecule has 0 radical (unpaired) electrons. The SMILES string of the molecule is CCCCSc1ccc(/C(N)=N/O)cn1. The van der Waals surface area contributed by atoms with Crippen molar-refractivity contribution in [3.63, 3.8) is 0 Å². The van der Waals surface area contributed by atoms with Gasteiger partial charge in [-0.1, -0.05) is 18.5 Å². The maximum atomic E-state index is 8.46. The third kappa shape index (κ3) is 3.79. The fourth-order valence-electron chi connectivity index (χ4n) is 0.996. The van der Waals surface area contributed by atoms with Gasteiger partial charge in [0.25, 0.3) is 0 Å². The molecule has 0 atom stereocenters. The van der Waals surface area contributed by atoms with Crippen LogP contribution in [0.3, 0.4) is 0 Å². The average molecular weight is 225 g/mol. The molecule has 15 heavy (non-hydrogen) atoms. The predicted molar refractivity (Wildman–Crippen MR) is 62.4 cm³/mol. The third-order valence-electron chi connectivity index (χ3n) is 1.89. The van der Waals surface area contributed by atoms with Gasteiger partial charge in [-0.3, -0.25) is 0 Å². The largest absolute Gasteiger partial charge is 0.409 e. The molecule has 0 aliphatic carbocycles. The zero-order valence-electron chi connectivity index (χ0n) is 8.68. The average Bonchev–Trinajstić information content (AvgIpc) is 2.29. The zero-order chi connectivity index (χ0) is 11.1. The molecule has 1 rings (SSSR count). The molecule has 0 saturated heterocycles. The molecule has 1 aromatic rings. The summed E-state index contributed by atoms with van der Waals surface area (Å²) in [7, 11) is 0. The first-order chi connectivity index (χ1) is 7.27. The number of thioether (sulfide) groups is 1. The fraction of sp³-hybridized carbons (Fsp3) is 0.400. The van der Waals surface area contributed by atoms with Gasteiger partial charge >= 0.3 is 0 Å². The van der Waals surface area contributed by atoms with E-state index in [-0.39, 0.29) is 5.84 Å². The first-order valence-corrected chi connectivity index (χ1v) is 5.83. The Morgan fingerprint density at radius 3 is 2.93 bits per heavy atom. The lowest BCUT2D eigenvalue weighted by Crippen LogP contribution is -2.13. The number of amidine groups is 1. The second-order valence-electron chi connectivity index (χ2n) is 3.07. The van der Waals surface area contributed by atoms with Gasteiger partial charge in [0.2, 0.25) is 0 Å². The van der Waals surface area contributed by atoms with Crippen molar-refractivity contribution in [3.8, 4) is 0 Å². The lowest BCUT2D eigenvalue weighted by atomic mass is 10.3. The van der Waals surface area contributed by atoms with Crippen LogP contribution in [0.1, 0.15) is 25.3 Å².